The highest BCUT2D eigenvalue weighted by Gasteiger charge is 2.34. The van der Waals surface area contributed by atoms with Gasteiger partial charge in [0.05, 0.1) is 12.6 Å². The van der Waals surface area contributed by atoms with Gasteiger partial charge in [0.2, 0.25) is 5.43 Å². The molecule has 0 saturated carbocycles. The maximum Gasteiger partial charge on any atom is 0.277 e. The van der Waals surface area contributed by atoms with E-state index in [1.807, 2.05) is 0 Å². The van der Waals surface area contributed by atoms with Crippen molar-refractivity contribution >= 4 is 11.8 Å². The van der Waals surface area contributed by atoms with E-state index in [1.165, 1.54) is 28.9 Å². The Morgan fingerprint density at radius 1 is 1.35 bits per heavy atom. The molecule has 0 saturated heterocycles. The van der Waals surface area contributed by atoms with E-state index in [1.54, 1.807) is 18.0 Å². The number of aromatic nitrogens is 1. The van der Waals surface area contributed by atoms with E-state index in [4.69, 9.17) is 4.74 Å². The lowest BCUT2D eigenvalue weighted by Gasteiger charge is -2.40. The first-order chi connectivity index (χ1) is 16.2. The summed E-state index contributed by atoms with van der Waals surface area (Å²) in [4.78, 5) is 39.8. The van der Waals surface area contributed by atoms with Crippen molar-refractivity contribution in [3.8, 4) is 5.75 Å². The third-order valence-electron chi connectivity index (χ3n) is 5.55. The van der Waals surface area contributed by atoms with Gasteiger partial charge in [-0.2, -0.15) is 0 Å². The van der Waals surface area contributed by atoms with Gasteiger partial charge in [-0.1, -0.05) is 12.1 Å². The van der Waals surface area contributed by atoms with Crippen molar-refractivity contribution in [2.45, 2.75) is 26.0 Å². The van der Waals surface area contributed by atoms with Crippen LogP contribution in [0.25, 0.3) is 0 Å². The zero-order valence-corrected chi connectivity index (χ0v) is 18.9. The third-order valence-corrected chi connectivity index (χ3v) is 5.55. The van der Waals surface area contributed by atoms with E-state index in [-0.39, 0.29) is 37.1 Å². The number of ether oxygens (including phenoxy) is 1. The molecule has 2 N–H and O–H groups in total. The molecule has 1 aliphatic heterocycles. The molecule has 34 heavy (non-hydrogen) atoms. The first-order valence-electron chi connectivity index (χ1n) is 10.6. The SMILES string of the molecule is C=CC[C@H](CN1CN(CC)C(=O)c2c(O)c(=O)c(C(=O)NCc3ccc(F)cc3F)cn21)OC. The number of benzene rings is 1. The highest BCUT2D eigenvalue weighted by atomic mass is 19.1. The molecule has 11 heteroatoms. The molecule has 1 aromatic carbocycles. The fraction of sp³-hybridized carbons (Fsp3) is 0.348. The Kier molecular flexibility index (Phi) is 7.67. The molecule has 2 aromatic rings. The average molecular weight is 476 g/mol. The summed E-state index contributed by atoms with van der Waals surface area (Å²) in [5.74, 6) is -3.94. The second-order valence-corrected chi connectivity index (χ2v) is 7.71. The van der Waals surface area contributed by atoms with Crippen LogP contribution in [0.5, 0.6) is 5.75 Å². The number of fused-ring (bicyclic) bond motifs is 1. The zero-order valence-electron chi connectivity index (χ0n) is 18.9. The van der Waals surface area contributed by atoms with Crippen molar-refractivity contribution in [3.63, 3.8) is 0 Å². The molecule has 0 fully saturated rings. The number of nitrogens with one attached hydrogen (secondary N) is 1. The Bertz CT molecular complexity index is 1170. The van der Waals surface area contributed by atoms with Crippen LogP contribution in [-0.2, 0) is 11.3 Å². The van der Waals surface area contributed by atoms with Crippen LogP contribution >= 0.6 is 0 Å². The number of hydrogen-bond acceptors (Lipinski definition) is 6. The van der Waals surface area contributed by atoms with Gasteiger partial charge in [0.15, 0.2) is 11.4 Å². The number of methoxy groups -OCH3 is 1. The van der Waals surface area contributed by atoms with Crippen molar-refractivity contribution in [2.75, 3.05) is 31.9 Å². The summed E-state index contributed by atoms with van der Waals surface area (Å²) in [6.45, 7) is 5.86. The maximum absolute atomic E-state index is 13.9. The topological polar surface area (TPSA) is 104 Å². The number of pyridine rings is 1. The summed E-state index contributed by atoms with van der Waals surface area (Å²) < 4.78 is 33.7. The molecule has 0 aliphatic carbocycles. The lowest BCUT2D eigenvalue weighted by atomic mass is 10.1. The highest BCUT2D eigenvalue weighted by Crippen LogP contribution is 2.22. The van der Waals surface area contributed by atoms with Crippen LogP contribution in [0, 0.1) is 11.6 Å². The van der Waals surface area contributed by atoms with Crippen LogP contribution in [-0.4, -0.2) is 59.5 Å². The number of nitrogens with zero attached hydrogens (tertiary/aromatic N) is 3. The fourth-order valence-electron chi connectivity index (χ4n) is 3.64. The molecule has 182 valence electrons. The molecule has 3 rings (SSSR count). The monoisotopic (exact) mass is 476 g/mol. The number of amides is 2. The van der Waals surface area contributed by atoms with Crippen molar-refractivity contribution < 1.29 is 28.2 Å². The summed E-state index contributed by atoms with van der Waals surface area (Å²) in [6.07, 6.45) is 3.04. The summed E-state index contributed by atoms with van der Waals surface area (Å²) in [6, 6.07) is 2.90. The Morgan fingerprint density at radius 2 is 2.09 bits per heavy atom. The smallest absolute Gasteiger partial charge is 0.277 e. The van der Waals surface area contributed by atoms with E-state index in [0.717, 1.165) is 6.07 Å². The van der Waals surface area contributed by atoms with Crippen molar-refractivity contribution in [1.29, 1.82) is 0 Å². The van der Waals surface area contributed by atoms with E-state index < -0.39 is 40.2 Å². The zero-order chi connectivity index (χ0) is 25.0. The number of carbonyl (C=O) groups excluding carboxylic acids is 2. The van der Waals surface area contributed by atoms with Crippen molar-refractivity contribution in [1.82, 2.24) is 14.9 Å². The van der Waals surface area contributed by atoms with Crippen LogP contribution in [0.4, 0.5) is 8.78 Å². The molecule has 0 unspecified atom stereocenters. The molecule has 1 atom stereocenters. The quantitative estimate of drug-likeness (QED) is 0.535. The number of halogens is 2. The molecule has 0 spiro atoms. The molecule has 0 radical (unpaired) electrons. The van der Waals surface area contributed by atoms with E-state index in [0.29, 0.717) is 19.0 Å². The van der Waals surface area contributed by atoms with Crippen molar-refractivity contribution in [3.05, 3.63) is 75.7 Å². The van der Waals surface area contributed by atoms with E-state index in [2.05, 4.69) is 11.9 Å². The second kappa shape index (κ2) is 10.5. The minimum absolute atomic E-state index is 0.0137. The van der Waals surface area contributed by atoms with Crippen LogP contribution in [0.1, 0.15) is 39.8 Å². The molecule has 0 bridgehead atoms. The Hall–Kier alpha value is -3.73. The van der Waals surface area contributed by atoms with Gasteiger partial charge in [0, 0.05) is 38.0 Å². The van der Waals surface area contributed by atoms with Crippen molar-refractivity contribution in [2.24, 2.45) is 0 Å². The highest BCUT2D eigenvalue weighted by molar-refractivity contribution is 5.99. The first kappa shape index (κ1) is 24.9. The largest absolute Gasteiger partial charge is 0.502 e. The summed E-state index contributed by atoms with van der Waals surface area (Å²) in [7, 11) is 1.53. The maximum atomic E-state index is 13.9. The van der Waals surface area contributed by atoms with Crippen LogP contribution in [0.2, 0.25) is 0 Å². The van der Waals surface area contributed by atoms with Crippen LogP contribution in [0.3, 0.4) is 0 Å². The lowest BCUT2D eigenvalue weighted by molar-refractivity contribution is 0.0645. The molecule has 2 heterocycles. The minimum Gasteiger partial charge on any atom is -0.502 e. The molecule has 2 amide bonds. The number of hydrogen-bond donors (Lipinski definition) is 2. The predicted molar refractivity (Wildman–Crippen MR) is 120 cm³/mol. The number of aromatic hydroxyl groups is 1. The average Bonchev–Trinajstić information content (AvgIpc) is 2.81. The van der Waals surface area contributed by atoms with Crippen LogP contribution in [0.15, 0.2) is 41.8 Å². The third kappa shape index (κ3) is 4.93. The van der Waals surface area contributed by atoms with Gasteiger partial charge in [-0.05, 0) is 19.4 Å². The Balaban J connectivity index is 1.97. The van der Waals surface area contributed by atoms with Gasteiger partial charge in [-0.3, -0.25) is 24.1 Å². The predicted octanol–water partition coefficient (Wildman–Crippen LogP) is 1.72. The molecule has 1 aromatic heterocycles. The number of carbonyl (C=O) groups is 2. The number of rotatable bonds is 9. The second-order valence-electron chi connectivity index (χ2n) is 7.71. The van der Waals surface area contributed by atoms with Gasteiger partial charge in [-0.25, -0.2) is 8.78 Å². The minimum atomic E-state index is -1.04. The lowest BCUT2D eigenvalue weighted by Crippen LogP contribution is -2.56. The standard InChI is InChI=1S/C23H26F2N4O5/c1-4-6-16(34-3)11-28-13-27(5-2)23(33)19-21(31)20(30)17(12-29(19)28)22(32)26-10-14-7-8-15(24)9-18(14)25/h4,7-9,12,16,31H,1,5-6,10-11,13H2,2-3H3,(H,26,32)/t16-/m1/s1. The van der Waals surface area contributed by atoms with E-state index in [9.17, 15) is 28.3 Å². The van der Waals surface area contributed by atoms with Gasteiger partial charge < -0.3 is 20.1 Å². The molecule has 1 aliphatic rings. The fourth-order valence-corrected chi connectivity index (χ4v) is 3.64. The molecular weight excluding hydrogens is 450 g/mol. The Morgan fingerprint density at radius 3 is 2.71 bits per heavy atom. The summed E-state index contributed by atoms with van der Waals surface area (Å²) in [5.41, 5.74) is -1.74. The van der Waals surface area contributed by atoms with Gasteiger partial charge in [0.25, 0.3) is 11.8 Å². The van der Waals surface area contributed by atoms with Gasteiger partial charge >= 0.3 is 0 Å². The van der Waals surface area contributed by atoms with E-state index >= 15 is 0 Å². The van der Waals surface area contributed by atoms with Crippen LogP contribution < -0.4 is 15.8 Å². The summed E-state index contributed by atoms with van der Waals surface area (Å²) in [5, 5.41) is 14.6. The molecule has 9 nitrogen and oxygen atoms in total. The first-order valence-corrected chi connectivity index (χ1v) is 10.6. The normalized spacial score (nSPS) is 14.1. The molecular formula is C23H26F2N4O5. The van der Waals surface area contributed by atoms with Gasteiger partial charge in [-0.15, -0.1) is 6.58 Å². The summed E-state index contributed by atoms with van der Waals surface area (Å²) >= 11 is 0. The van der Waals surface area contributed by atoms with Gasteiger partial charge in [0.1, 0.15) is 23.9 Å². The Labute approximate surface area is 194 Å².